The van der Waals surface area contributed by atoms with Gasteiger partial charge < -0.3 is 20.9 Å². The van der Waals surface area contributed by atoms with E-state index in [0.717, 1.165) is 48.0 Å². The molecule has 1 saturated heterocycles. The van der Waals surface area contributed by atoms with Crippen LogP contribution in [0, 0.1) is 0 Å². The topological polar surface area (TPSA) is 65.1 Å². The molecule has 1 aliphatic carbocycles. The fourth-order valence-corrected chi connectivity index (χ4v) is 3.94. The highest BCUT2D eigenvalue weighted by molar-refractivity contribution is 9.10. The van der Waals surface area contributed by atoms with Crippen molar-refractivity contribution in [2.24, 2.45) is 0 Å². The molecular weight excluding hydrogens is 392 g/mol. The molecule has 3 heterocycles. The van der Waals surface area contributed by atoms with Crippen LogP contribution < -0.4 is 20.9 Å². The molecule has 0 atom stereocenters. The first-order valence-electron chi connectivity index (χ1n) is 9.39. The molecule has 7 heteroatoms. The number of halogens is 1. The average Bonchev–Trinajstić information content (AvgIpc) is 3.19. The predicted octanol–water partition coefficient (Wildman–Crippen LogP) is 3.75. The van der Waals surface area contributed by atoms with E-state index in [4.69, 9.17) is 0 Å². The van der Waals surface area contributed by atoms with E-state index in [2.05, 4.69) is 52.8 Å². The normalized spacial score (nSPS) is 18.1. The molecule has 6 nitrogen and oxygen atoms in total. The van der Waals surface area contributed by atoms with Crippen molar-refractivity contribution in [3.63, 3.8) is 0 Å². The fraction of sp³-hybridized carbons (Fsp3) is 0.474. The van der Waals surface area contributed by atoms with Crippen molar-refractivity contribution >= 4 is 38.9 Å². The Hall–Kier alpha value is -1.86. The van der Waals surface area contributed by atoms with Crippen LogP contribution in [0.4, 0.5) is 23.0 Å². The number of aromatic nitrogens is 2. The van der Waals surface area contributed by atoms with E-state index >= 15 is 0 Å². The molecule has 2 aliphatic rings. The molecule has 4 rings (SSSR count). The summed E-state index contributed by atoms with van der Waals surface area (Å²) >= 11 is 3.60. The second kappa shape index (κ2) is 8.22. The van der Waals surface area contributed by atoms with Crippen LogP contribution in [0.1, 0.15) is 25.7 Å². The van der Waals surface area contributed by atoms with Crippen molar-refractivity contribution in [3.8, 4) is 0 Å². The fourth-order valence-electron chi connectivity index (χ4n) is 3.61. The van der Waals surface area contributed by atoms with E-state index in [-0.39, 0.29) is 0 Å². The van der Waals surface area contributed by atoms with E-state index in [1.54, 1.807) is 0 Å². The van der Waals surface area contributed by atoms with Crippen molar-refractivity contribution in [1.82, 2.24) is 15.3 Å². The van der Waals surface area contributed by atoms with Crippen LogP contribution in [-0.4, -0.2) is 42.2 Å². The first-order chi connectivity index (χ1) is 12.8. The van der Waals surface area contributed by atoms with Crippen LogP contribution in [0.15, 0.2) is 35.1 Å². The molecule has 2 fully saturated rings. The number of piperazine rings is 1. The standard InChI is InChI=1S/C19H25BrN6/c20-16-13-23-19(11-17(16)24-14-3-1-2-4-14)25-18-6-5-15(12-22-18)26-9-7-21-8-10-26/h5-6,11-14,21H,1-4,7-10H2,(H2,22,23,24,25). The zero-order valence-corrected chi connectivity index (χ0v) is 16.4. The van der Waals surface area contributed by atoms with E-state index in [1.807, 2.05) is 24.5 Å². The number of hydrogen-bond acceptors (Lipinski definition) is 6. The number of anilines is 4. The third-order valence-corrected chi connectivity index (χ3v) is 5.69. The van der Waals surface area contributed by atoms with Crippen LogP contribution in [0.3, 0.4) is 0 Å². The maximum Gasteiger partial charge on any atom is 0.133 e. The number of hydrogen-bond donors (Lipinski definition) is 3. The Labute approximate surface area is 162 Å². The molecule has 3 N–H and O–H groups in total. The smallest absolute Gasteiger partial charge is 0.133 e. The highest BCUT2D eigenvalue weighted by Gasteiger charge is 2.16. The summed E-state index contributed by atoms with van der Waals surface area (Å²) in [6, 6.07) is 6.76. The summed E-state index contributed by atoms with van der Waals surface area (Å²) in [5.41, 5.74) is 2.26. The number of rotatable bonds is 5. The lowest BCUT2D eigenvalue weighted by Crippen LogP contribution is -2.43. The lowest BCUT2D eigenvalue weighted by molar-refractivity contribution is 0.589. The third-order valence-electron chi connectivity index (χ3n) is 5.06. The quantitative estimate of drug-likeness (QED) is 0.689. The minimum absolute atomic E-state index is 0.568. The lowest BCUT2D eigenvalue weighted by atomic mass is 10.2. The Kier molecular flexibility index (Phi) is 5.55. The van der Waals surface area contributed by atoms with Crippen molar-refractivity contribution in [1.29, 1.82) is 0 Å². The van der Waals surface area contributed by atoms with Gasteiger partial charge in [-0.05, 0) is 40.9 Å². The molecule has 2 aromatic rings. The van der Waals surface area contributed by atoms with Crippen LogP contribution >= 0.6 is 15.9 Å². The van der Waals surface area contributed by atoms with Crippen molar-refractivity contribution < 1.29 is 0 Å². The van der Waals surface area contributed by atoms with Gasteiger partial charge in [-0.15, -0.1) is 0 Å². The summed E-state index contributed by atoms with van der Waals surface area (Å²) in [6.45, 7) is 4.11. The molecule has 26 heavy (non-hydrogen) atoms. The largest absolute Gasteiger partial charge is 0.381 e. The molecule has 1 aliphatic heterocycles. The Morgan fingerprint density at radius 1 is 1.04 bits per heavy atom. The molecule has 0 spiro atoms. The van der Waals surface area contributed by atoms with E-state index in [1.165, 1.54) is 31.4 Å². The maximum absolute atomic E-state index is 4.56. The minimum atomic E-state index is 0.568. The summed E-state index contributed by atoms with van der Waals surface area (Å²) in [6.07, 6.45) is 8.89. The zero-order valence-electron chi connectivity index (χ0n) is 14.8. The van der Waals surface area contributed by atoms with Gasteiger partial charge in [0.05, 0.1) is 22.0 Å². The molecule has 0 unspecified atom stereocenters. The van der Waals surface area contributed by atoms with Crippen LogP contribution in [0.5, 0.6) is 0 Å². The van der Waals surface area contributed by atoms with Crippen LogP contribution in [-0.2, 0) is 0 Å². The van der Waals surface area contributed by atoms with Gasteiger partial charge in [0.1, 0.15) is 11.6 Å². The van der Waals surface area contributed by atoms with E-state index in [9.17, 15) is 0 Å². The maximum atomic E-state index is 4.56. The van der Waals surface area contributed by atoms with Gasteiger partial charge in [-0.3, -0.25) is 0 Å². The first-order valence-corrected chi connectivity index (χ1v) is 10.2. The molecule has 138 valence electrons. The third kappa shape index (κ3) is 4.27. The summed E-state index contributed by atoms with van der Waals surface area (Å²) in [5.74, 6) is 1.61. The van der Waals surface area contributed by atoms with Crippen LogP contribution in [0.25, 0.3) is 0 Å². The second-order valence-electron chi connectivity index (χ2n) is 6.94. The van der Waals surface area contributed by atoms with Crippen LogP contribution in [0.2, 0.25) is 0 Å². The summed E-state index contributed by atoms with van der Waals surface area (Å²) < 4.78 is 0.997. The van der Waals surface area contributed by atoms with Crippen molar-refractivity contribution in [2.45, 2.75) is 31.7 Å². The van der Waals surface area contributed by atoms with Gasteiger partial charge in [-0.25, -0.2) is 9.97 Å². The number of pyridine rings is 2. The van der Waals surface area contributed by atoms with E-state index < -0.39 is 0 Å². The van der Waals surface area contributed by atoms with Gasteiger partial charge in [0, 0.05) is 44.5 Å². The minimum Gasteiger partial charge on any atom is -0.381 e. The van der Waals surface area contributed by atoms with Gasteiger partial charge >= 0.3 is 0 Å². The second-order valence-corrected chi connectivity index (χ2v) is 7.79. The Bertz CT molecular complexity index is 723. The van der Waals surface area contributed by atoms with E-state index in [0.29, 0.717) is 6.04 Å². The summed E-state index contributed by atoms with van der Waals surface area (Å²) in [5, 5.41) is 10.3. The predicted molar refractivity (Wildman–Crippen MR) is 110 cm³/mol. The van der Waals surface area contributed by atoms with Gasteiger partial charge in [0.15, 0.2) is 0 Å². The molecule has 0 bridgehead atoms. The zero-order chi connectivity index (χ0) is 17.8. The molecule has 0 radical (unpaired) electrons. The molecule has 2 aromatic heterocycles. The lowest BCUT2D eigenvalue weighted by Gasteiger charge is -2.29. The van der Waals surface area contributed by atoms with Gasteiger partial charge in [0.2, 0.25) is 0 Å². The number of nitrogens with one attached hydrogen (secondary N) is 3. The molecule has 1 saturated carbocycles. The first kappa shape index (κ1) is 17.5. The van der Waals surface area contributed by atoms with Gasteiger partial charge in [-0.2, -0.15) is 0 Å². The van der Waals surface area contributed by atoms with Gasteiger partial charge in [-0.1, -0.05) is 12.8 Å². The molecule has 0 aromatic carbocycles. The summed E-state index contributed by atoms with van der Waals surface area (Å²) in [7, 11) is 0. The van der Waals surface area contributed by atoms with Crippen molar-refractivity contribution in [2.75, 3.05) is 41.7 Å². The highest BCUT2D eigenvalue weighted by Crippen LogP contribution is 2.29. The monoisotopic (exact) mass is 416 g/mol. The molecule has 0 amide bonds. The SMILES string of the molecule is Brc1cnc(Nc2ccc(N3CCNCC3)cn2)cc1NC1CCCC1. The molecular formula is C19H25BrN6. The Balaban J connectivity index is 1.43. The highest BCUT2D eigenvalue weighted by atomic mass is 79.9. The van der Waals surface area contributed by atoms with Gasteiger partial charge in [0.25, 0.3) is 0 Å². The summed E-state index contributed by atoms with van der Waals surface area (Å²) in [4.78, 5) is 11.4. The number of nitrogens with zero attached hydrogens (tertiary/aromatic N) is 3. The Morgan fingerprint density at radius 3 is 2.54 bits per heavy atom. The van der Waals surface area contributed by atoms with Crippen molar-refractivity contribution in [3.05, 3.63) is 35.1 Å². The average molecular weight is 417 g/mol. The Morgan fingerprint density at radius 2 is 1.81 bits per heavy atom.